The highest BCUT2D eigenvalue weighted by atomic mass is 35.5. The van der Waals surface area contributed by atoms with E-state index in [9.17, 15) is 0 Å². The predicted octanol–water partition coefficient (Wildman–Crippen LogP) is 3.36. The topological polar surface area (TPSA) is 66.9 Å². The predicted molar refractivity (Wildman–Crippen MR) is 93.7 cm³/mol. The minimum absolute atomic E-state index is 0.247. The molecule has 4 rings (SSSR count). The van der Waals surface area contributed by atoms with Gasteiger partial charge in [0.2, 0.25) is 0 Å². The SMILES string of the molecule is Cc1ccc(Cl)c(OCC2CCCN2c2ncnc3[nH]cnc23)c1. The van der Waals surface area contributed by atoms with Crippen LogP contribution in [0.3, 0.4) is 0 Å². The number of aromatic nitrogens is 4. The zero-order valence-electron chi connectivity index (χ0n) is 13.4. The Morgan fingerprint density at radius 2 is 2.25 bits per heavy atom. The van der Waals surface area contributed by atoms with E-state index in [1.807, 2.05) is 25.1 Å². The number of nitrogens with zero attached hydrogens (tertiary/aromatic N) is 4. The van der Waals surface area contributed by atoms with Crippen LogP contribution in [0, 0.1) is 6.92 Å². The lowest BCUT2D eigenvalue weighted by Gasteiger charge is -2.26. The van der Waals surface area contributed by atoms with E-state index in [1.54, 1.807) is 12.7 Å². The van der Waals surface area contributed by atoms with Gasteiger partial charge in [0, 0.05) is 6.54 Å². The number of hydrogen-bond donors (Lipinski definition) is 1. The van der Waals surface area contributed by atoms with Gasteiger partial charge in [-0.1, -0.05) is 17.7 Å². The molecular formula is C17H18ClN5O. The summed E-state index contributed by atoms with van der Waals surface area (Å²) in [7, 11) is 0. The highest BCUT2D eigenvalue weighted by Gasteiger charge is 2.28. The summed E-state index contributed by atoms with van der Waals surface area (Å²) < 4.78 is 6.00. The highest BCUT2D eigenvalue weighted by molar-refractivity contribution is 6.32. The zero-order chi connectivity index (χ0) is 16.5. The number of benzene rings is 1. The quantitative estimate of drug-likeness (QED) is 0.786. The highest BCUT2D eigenvalue weighted by Crippen LogP contribution is 2.30. The number of imidazole rings is 1. The third-order valence-corrected chi connectivity index (χ3v) is 4.68. The molecule has 1 aliphatic rings. The Morgan fingerprint density at radius 3 is 3.17 bits per heavy atom. The van der Waals surface area contributed by atoms with E-state index in [-0.39, 0.29) is 6.04 Å². The van der Waals surface area contributed by atoms with E-state index in [1.165, 1.54) is 0 Å². The fourth-order valence-corrected chi connectivity index (χ4v) is 3.33. The van der Waals surface area contributed by atoms with Crippen molar-refractivity contribution in [2.45, 2.75) is 25.8 Å². The summed E-state index contributed by atoms with van der Waals surface area (Å²) in [6, 6.07) is 6.07. The second-order valence-corrected chi connectivity index (χ2v) is 6.44. The van der Waals surface area contributed by atoms with Gasteiger partial charge in [0.25, 0.3) is 0 Å². The Labute approximate surface area is 144 Å². The number of nitrogens with one attached hydrogen (secondary N) is 1. The summed E-state index contributed by atoms with van der Waals surface area (Å²) in [4.78, 5) is 18.3. The molecule has 0 amide bonds. The smallest absolute Gasteiger partial charge is 0.162 e. The average Bonchev–Trinajstić information content (AvgIpc) is 3.24. The standard InChI is InChI=1S/C17H18ClN5O/c1-11-4-5-13(18)14(7-11)24-8-12-3-2-6-23(12)17-15-16(20-9-19-15)21-10-22-17/h4-5,7,9-10,12H,2-3,6,8H2,1H3,(H,19,20,21,22). The number of H-pyrrole nitrogens is 1. The van der Waals surface area contributed by atoms with Crippen LogP contribution >= 0.6 is 11.6 Å². The zero-order valence-corrected chi connectivity index (χ0v) is 14.1. The summed E-state index contributed by atoms with van der Waals surface area (Å²) in [6.45, 7) is 3.54. The number of aryl methyl sites for hydroxylation is 1. The minimum Gasteiger partial charge on any atom is -0.490 e. The number of fused-ring (bicyclic) bond motifs is 1. The van der Waals surface area contributed by atoms with Crippen molar-refractivity contribution in [2.24, 2.45) is 0 Å². The Morgan fingerprint density at radius 1 is 1.33 bits per heavy atom. The van der Waals surface area contributed by atoms with Gasteiger partial charge in [0.05, 0.1) is 17.4 Å². The lowest BCUT2D eigenvalue weighted by Crippen LogP contribution is -2.35. The van der Waals surface area contributed by atoms with Crippen molar-refractivity contribution < 1.29 is 4.74 Å². The van der Waals surface area contributed by atoms with Gasteiger partial charge in [-0.3, -0.25) is 0 Å². The Hall–Kier alpha value is -2.34. The third-order valence-electron chi connectivity index (χ3n) is 4.36. The van der Waals surface area contributed by atoms with Crippen LogP contribution in [-0.4, -0.2) is 39.1 Å². The number of anilines is 1. The normalized spacial score (nSPS) is 17.6. The van der Waals surface area contributed by atoms with Crippen LogP contribution < -0.4 is 9.64 Å². The van der Waals surface area contributed by atoms with Gasteiger partial charge in [0.15, 0.2) is 11.5 Å². The molecule has 3 aromatic rings. The summed E-state index contributed by atoms with van der Waals surface area (Å²) in [5.41, 5.74) is 2.69. The first kappa shape index (κ1) is 15.2. The van der Waals surface area contributed by atoms with Crippen LogP contribution in [0.1, 0.15) is 18.4 Å². The summed E-state index contributed by atoms with van der Waals surface area (Å²) in [5, 5.41) is 0.641. The fourth-order valence-electron chi connectivity index (χ4n) is 3.16. The molecule has 0 aliphatic carbocycles. The first-order valence-electron chi connectivity index (χ1n) is 8.02. The van der Waals surface area contributed by atoms with Crippen LogP contribution in [0.2, 0.25) is 5.02 Å². The number of rotatable bonds is 4. The molecule has 7 heteroatoms. The van der Waals surface area contributed by atoms with E-state index in [0.29, 0.717) is 11.6 Å². The molecule has 6 nitrogen and oxygen atoms in total. The van der Waals surface area contributed by atoms with E-state index in [0.717, 1.165) is 47.7 Å². The van der Waals surface area contributed by atoms with Crippen molar-refractivity contribution in [3.05, 3.63) is 41.4 Å². The van der Waals surface area contributed by atoms with Crippen molar-refractivity contribution in [1.82, 2.24) is 19.9 Å². The molecule has 24 heavy (non-hydrogen) atoms. The summed E-state index contributed by atoms with van der Waals surface area (Å²) >= 11 is 6.23. The third kappa shape index (κ3) is 2.78. The van der Waals surface area contributed by atoms with Gasteiger partial charge < -0.3 is 14.6 Å². The van der Waals surface area contributed by atoms with Gasteiger partial charge in [-0.15, -0.1) is 0 Å². The molecule has 0 radical (unpaired) electrons. The number of aromatic amines is 1. The maximum Gasteiger partial charge on any atom is 0.162 e. The molecule has 1 aromatic carbocycles. The van der Waals surface area contributed by atoms with Crippen molar-refractivity contribution in [3.8, 4) is 5.75 Å². The molecule has 0 saturated carbocycles. The molecule has 0 spiro atoms. The molecule has 1 N–H and O–H groups in total. The second kappa shape index (κ2) is 6.28. The van der Waals surface area contributed by atoms with E-state index in [4.69, 9.17) is 16.3 Å². The van der Waals surface area contributed by atoms with Crippen LogP contribution in [0.15, 0.2) is 30.9 Å². The number of halogens is 1. The Balaban J connectivity index is 1.55. The van der Waals surface area contributed by atoms with Gasteiger partial charge in [-0.2, -0.15) is 0 Å². The molecule has 124 valence electrons. The van der Waals surface area contributed by atoms with Crippen molar-refractivity contribution >= 4 is 28.6 Å². The molecule has 2 aromatic heterocycles. The Kier molecular flexibility index (Phi) is 3.98. The molecule has 1 fully saturated rings. The molecule has 1 unspecified atom stereocenters. The van der Waals surface area contributed by atoms with Crippen molar-refractivity contribution in [1.29, 1.82) is 0 Å². The summed E-state index contributed by atoms with van der Waals surface area (Å²) in [6.07, 6.45) is 5.38. The van der Waals surface area contributed by atoms with Crippen LogP contribution in [-0.2, 0) is 0 Å². The molecule has 1 saturated heterocycles. The van der Waals surface area contributed by atoms with E-state index >= 15 is 0 Å². The van der Waals surface area contributed by atoms with Crippen molar-refractivity contribution in [2.75, 3.05) is 18.1 Å². The minimum atomic E-state index is 0.247. The van der Waals surface area contributed by atoms with Gasteiger partial charge in [0.1, 0.15) is 24.2 Å². The van der Waals surface area contributed by atoms with Gasteiger partial charge in [-0.25, -0.2) is 15.0 Å². The Bertz CT molecular complexity index is 865. The monoisotopic (exact) mass is 343 g/mol. The lowest BCUT2D eigenvalue weighted by molar-refractivity contribution is 0.288. The molecule has 3 heterocycles. The largest absolute Gasteiger partial charge is 0.490 e. The maximum absolute atomic E-state index is 6.23. The number of ether oxygens (including phenoxy) is 1. The van der Waals surface area contributed by atoms with Crippen LogP contribution in [0.4, 0.5) is 5.82 Å². The first-order chi connectivity index (χ1) is 11.7. The van der Waals surface area contributed by atoms with Gasteiger partial charge >= 0.3 is 0 Å². The fraction of sp³-hybridized carbons (Fsp3) is 0.353. The molecule has 0 bridgehead atoms. The van der Waals surface area contributed by atoms with Crippen molar-refractivity contribution in [3.63, 3.8) is 0 Å². The van der Waals surface area contributed by atoms with E-state index < -0.39 is 0 Å². The lowest BCUT2D eigenvalue weighted by atomic mass is 10.2. The maximum atomic E-state index is 6.23. The molecule has 1 atom stereocenters. The second-order valence-electron chi connectivity index (χ2n) is 6.03. The van der Waals surface area contributed by atoms with Crippen LogP contribution in [0.25, 0.3) is 11.2 Å². The van der Waals surface area contributed by atoms with Gasteiger partial charge in [-0.05, 0) is 37.5 Å². The average molecular weight is 344 g/mol. The molecule has 1 aliphatic heterocycles. The number of hydrogen-bond acceptors (Lipinski definition) is 5. The molecular weight excluding hydrogens is 326 g/mol. The van der Waals surface area contributed by atoms with Crippen LogP contribution in [0.5, 0.6) is 5.75 Å². The first-order valence-corrected chi connectivity index (χ1v) is 8.40. The summed E-state index contributed by atoms with van der Waals surface area (Å²) in [5.74, 6) is 1.60. The van der Waals surface area contributed by atoms with E-state index in [2.05, 4.69) is 24.8 Å².